The maximum Gasteiger partial charge on any atom is 0.226 e. The van der Waals surface area contributed by atoms with Gasteiger partial charge in [0.2, 0.25) is 5.91 Å². The Bertz CT molecular complexity index is 924. The molecular formula is C23H23N3O. The summed E-state index contributed by atoms with van der Waals surface area (Å²) in [6.07, 6.45) is 6.35. The number of nitrogens with one attached hydrogen (secondary N) is 1. The Morgan fingerprint density at radius 1 is 0.926 bits per heavy atom. The first kappa shape index (κ1) is 17.3. The van der Waals surface area contributed by atoms with Crippen molar-refractivity contribution in [3.05, 3.63) is 78.6 Å². The molecule has 0 unspecified atom stereocenters. The third kappa shape index (κ3) is 4.17. The molecule has 4 heteroatoms. The molecule has 136 valence electrons. The molecule has 3 aromatic rings. The quantitative estimate of drug-likeness (QED) is 0.708. The number of nitrogens with zero attached hydrogens (tertiary/aromatic N) is 2. The average Bonchev–Trinajstić information content (AvgIpc) is 2.74. The molecule has 1 N–H and O–H groups in total. The molecule has 1 aliphatic heterocycles. The van der Waals surface area contributed by atoms with Gasteiger partial charge in [0.1, 0.15) is 0 Å². The fourth-order valence-corrected chi connectivity index (χ4v) is 3.47. The molecule has 4 rings (SSSR count). The van der Waals surface area contributed by atoms with Crippen LogP contribution in [0.5, 0.6) is 0 Å². The summed E-state index contributed by atoms with van der Waals surface area (Å²) in [6.45, 7) is 1.55. The third-order valence-corrected chi connectivity index (χ3v) is 4.92. The monoisotopic (exact) mass is 357 g/mol. The third-order valence-electron chi connectivity index (χ3n) is 4.92. The van der Waals surface area contributed by atoms with Crippen LogP contribution in [-0.4, -0.2) is 17.4 Å². The Balaban J connectivity index is 1.46. The van der Waals surface area contributed by atoms with E-state index < -0.39 is 0 Å². The Hall–Kier alpha value is -3.14. The average molecular weight is 357 g/mol. The first-order valence-corrected chi connectivity index (χ1v) is 9.43. The topological polar surface area (TPSA) is 45.2 Å². The number of carbonyl (C=O) groups excluding carboxylic acids is 1. The van der Waals surface area contributed by atoms with E-state index in [1.165, 1.54) is 11.1 Å². The van der Waals surface area contributed by atoms with Crippen LogP contribution in [0.15, 0.2) is 73.1 Å². The standard InChI is InChI=1S/C23H23N3O/c27-23-9-1-2-14-26(23)22-8-4-7-21(16-22)25-17-18-5-3-6-20(15-18)19-10-12-24-13-11-19/h3-8,10-13,15-16,25H,1-2,9,14,17H2. The van der Waals surface area contributed by atoms with E-state index in [1.807, 2.05) is 47.6 Å². The summed E-state index contributed by atoms with van der Waals surface area (Å²) in [6, 6.07) is 20.7. The van der Waals surface area contributed by atoms with E-state index >= 15 is 0 Å². The summed E-state index contributed by atoms with van der Waals surface area (Å²) in [5, 5.41) is 3.48. The highest BCUT2D eigenvalue weighted by Crippen LogP contribution is 2.25. The lowest BCUT2D eigenvalue weighted by molar-refractivity contribution is -0.119. The Morgan fingerprint density at radius 2 is 1.78 bits per heavy atom. The maximum absolute atomic E-state index is 12.2. The molecule has 1 aliphatic rings. The molecule has 0 saturated carbocycles. The van der Waals surface area contributed by atoms with Crippen molar-refractivity contribution < 1.29 is 4.79 Å². The number of amides is 1. The van der Waals surface area contributed by atoms with Crippen LogP contribution in [-0.2, 0) is 11.3 Å². The number of benzene rings is 2. The summed E-state index contributed by atoms with van der Waals surface area (Å²) >= 11 is 0. The second kappa shape index (κ2) is 8.04. The van der Waals surface area contributed by atoms with Crippen LogP contribution in [0.3, 0.4) is 0 Å². The minimum atomic E-state index is 0.225. The lowest BCUT2D eigenvalue weighted by Crippen LogP contribution is -2.35. The molecule has 4 nitrogen and oxygen atoms in total. The van der Waals surface area contributed by atoms with Crippen LogP contribution >= 0.6 is 0 Å². The number of piperidine rings is 1. The number of hydrogen-bond acceptors (Lipinski definition) is 3. The summed E-state index contributed by atoms with van der Waals surface area (Å²) in [4.78, 5) is 18.1. The van der Waals surface area contributed by atoms with Gasteiger partial charge in [0.25, 0.3) is 0 Å². The van der Waals surface area contributed by atoms with Crippen molar-refractivity contribution in [2.75, 3.05) is 16.8 Å². The molecule has 1 aromatic heterocycles. The lowest BCUT2D eigenvalue weighted by atomic mass is 10.0. The van der Waals surface area contributed by atoms with E-state index in [0.29, 0.717) is 6.42 Å². The van der Waals surface area contributed by atoms with Gasteiger partial charge in [0.15, 0.2) is 0 Å². The molecule has 0 aliphatic carbocycles. The lowest BCUT2D eigenvalue weighted by Gasteiger charge is -2.27. The van der Waals surface area contributed by atoms with Crippen LogP contribution in [0, 0.1) is 0 Å². The van der Waals surface area contributed by atoms with Gasteiger partial charge < -0.3 is 10.2 Å². The number of aromatic nitrogens is 1. The second-order valence-electron chi connectivity index (χ2n) is 6.84. The van der Waals surface area contributed by atoms with Crippen molar-refractivity contribution in [3.63, 3.8) is 0 Å². The fourth-order valence-electron chi connectivity index (χ4n) is 3.47. The van der Waals surface area contributed by atoms with Gasteiger partial charge in [-0.1, -0.05) is 24.3 Å². The Morgan fingerprint density at radius 3 is 2.63 bits per heavy atom. The molecular weight excluding hydrogens is 334 g/mol. The van der Waals surface area contributed by atoms with E-state index in [9.17, 15) is 4.79 Å². The maximum atomic E-state index is 12.2. The van der Waals surface area contributed by atoms with E-state index in [1.54, 1.807) is 0 Å². The number of hydrogen-bond donors (Lipinski definition) is 1. The van der Waals surface area contributed by atoms with E-state index in [4.69, 9.17) is 0 Å². The van der Waals surface area contributed by atoms with Crippen molar-refractivity contribution in [1.82, 2.24) is 4.98 Å². The van der Waals surface area contributed by atoms with Crippen molar-refractivity contribution in [1.29, 1.82) is 0 Å². The Kier molecular flexibility index (Phi) is 5.15. The molecule has 1 saturated heterocycles. The minimum absolute atomic E-state index is 0.225. The van der Waals surface area contributed by atoms with Crippen molar-refractivity contribution in [2.45, 2.75) is 25.8 Å². The molecule has 2 aromatic carbocycles. The normalized spacial score (nSPS) is 14.2. The fraction of sp³-hybridized carbons (Fsp3) is 0.217. The van der Waals surface area contributed by atoms with E-state index in [0.717, 1.165) is 42.9 Å². The number of pyridine rings is 1. The minimum Gasteiger partial charge on any atom is -0.381 e. The highest BCUT2D eigenvalue weighted by molar-refractivity contribution is 5.94. The molecule has 27 heavy (non-hydrogen) atoms. The van der Waals surface area contributed by atoms with Crippen molar-refractivity contribution >= 4 is 17.3 Å². The number of rotatable bonds is 5. The van der Waals surface area contributed by atoms with Crippen LogP contribution in [0.2, 0.25) is 0 Å². The van der Waals surface area contributed by atoms with Gasteiger partial charge in [-0.05, 0) is 65.9 Å². The predicted octanol–water partition coefficient (Wildman–Crippen LogP) is 4.88. The van der Waals surface area contributed by atoms with Crippen LogP contribution in [0.25, 0.3) is 11.1 Å². The van der Waals surface area contributed by atoms with Gasteiger partial charge >= 0.3 is 0 Å². The highest BCUT2D eigenvalue weighted by Gasteiger charge is 2.19. The summed E-state index contributed by atoms with van der Waals surface area (Å²) in [7, 11) is 0. The second-order valence-corrected chi connectivity index (χ2v) is 6.84. The van der Waals surface area contributed by atoms with Crippen molar-refractivity contribution in [3.8, 4) is 11.1 Å². The first-order valence-electron chi connectivity index (χ1n) is 9.43. The van der Waals surface area contributed by atoms with Crippen LogP contribution in [0.4, 0.5) is 11.4 Å². The number of carbonyl (C=O) groups is 1. The van der Waals surface area contributed by atoms with Gasteiger partial charge in [-0.3, -0.25) is 9.78 Å². The van der Waals surface area contributed by atoms with Gasteiger partial charge in [-0.2, -0.15) is 0 Å². The van der Waals surface area contributed by atoms with Crippen LogP contribution in [0.1, 0.15) is 24.8 Å². The molecule has 1 amide bonds. The molecule has 0 bridgehead atoms. The van der Waals surface area contributed by atoms with E-state index in [2.05, 4.69) is 40.6 Å². The Labute approximate surface area is 159 Å². The SMILES string of the molecule is O=C1CCCCN1c1cccc(NCc2cccc(-c3ccncc3)c2)c1. The van der Waals surface area contributed by atoms with Gasteiger partial charge in [-0.15, -0.1) is 0 Å². The van der Waals surface area contributed by atoms with Crippen LogP contribution < -0.4 is 10.2 Å². The zero-order chi connectivity index (χ0) is 18.5. The van der Waals surface area contributed by atoms with E-state index in [-0.39, 0.29) is 5.91 Å². The molecule has 0 spiro atoms. The van der Waals surface area contributed by atoms with Gasteiger partial charge in [0, 0.05) is 43.3 Å². The highest BCUT2D eigenvalue weighted by atomic mass is 16.2. The molecule has 0 radical (unpaired) electrons. The summed E-state index contributed by atoms with van der Waals surface area (Å²) in [5.74, 6) is 0.225. The van der Waals surface area contributed by atoms with Gasteiger partial charge in [-0.25, -0.2) is 0 Å². The zero-order valence-electron chi connectivity index (χ0n) is 15.3. The molecule has 2 heterocycles. The number of anilines is 2. The van der Waals surface area contributed by atoms with Gasteiger partial charge in [0.05, 0.1) is 0 Å². The zero-order valence-corrected chi connectivity index (χ0v) is 15.3. The predicted molar refractivity (Wildman–Crippen MR) is 110 cm³/mol. The summed E-state index contributed by atoms with van der Waals surface area (Å²) < 4.78 is 0. The molecule has 0 atom stereocenters. The smallest absolute Gasteiger partial charge is 0.226 e. The summed E-state index contributed by atoms with van der Waals surface area (Å²) in [5.41, 5.74) is 5.57. The largest absolute Gasteiger partial charge is 0.381 e. The van der Waals surface area contributed by atoms with Crippen molar-refractivity contribution in [2.24, 2.45) is 0 Å². The molecule has 1 fully saturated rings. The first-order chi connectivity index (χ1) is 13.3.